The lowest BCUT2D eigenvalue weighted by Gasteiger charge is -2.30. The molecule has 1 aliphatic heterocycles. The summed E-state index contributed by atoms with van der Waals surface area (Å²) < 4.78 is 1.65. The highest BCUT2D eigenvalue weighted by atomic mass is 16.3. The van der Waals surface area contributed by atoms with Gasteiger partial charge < -0.3 is 14.9 Å². The van der Waals surface area contributed by atoms with E-state index in [0.717, 1.165) is 31.6 Å². The van der Waals surface area contributed by atoms with E-state index < -0.39 is 0 Å². The van der Waals surface area contributed by atoms with Crippen LogP contribution in [0.25, 0.3) is 0 Å². The van der Waals surface area contributed by atoms with Crippen molar-refractivity contribution >= 4 is 5.91 Å². The average molecular weight is 399 g/mol. The molecule has 1 aromatic heterocycles. The number of carbonyl (C=O) groups excluding carboxylic acids is 1. The minimum absolute atomic E-state index is 0.00370. The molecule has 1 aliphatic rings. The van der Waals surface area contributed by atoms with Gasteiger partial charge in [-0.05, 0) is 43.9 Å². The molecule has 1 aromatic carbocycles. The maximum atomic E-state index is 13.2. The maximum Gasteiger partial charge on any atom is 0.272 e. The summed E-state index contributed by atoms with van der Waals surface area (Å²) >= 11 is 0. The van der Waals surface area contributed by atoms with Crippen molar-refractivity contribution in [2.75, 3.05) is 33.3 Å². The Labute approximate surface area is 174 Å². The summed E-state index contributed by atoms with van der Waals surface area (Å²) in [5.41, 5.74) is 2.76. The van der Waals surface area contributed by atoms with Gasteiger partial charge in [0.25, 0.3) is 5.91 Å². The van der Waals surface area contributed by atoms with E-state index in [1.54, 1.807) is 11.7 Å². The molecule has 0 bridgehead atoms. The van der Waals surface area contributed by atoms with Crippen molar-refractivity contribution < 1.29 is 9.90 Å². The molecule has 1 saturated heterocycles. The predicted molar refractivity (Wildman–Crippen MR) is 115 cm³/mol. The Morgan fingerprint density at radius 1 is 1.31 bits per heavy atom. The molecule has 29 heavy (non-hydrogen) atoms. The van der Waals surface area contributed by atoms with E-state index in [2.05, 4.69) is 48.2 Å². The Morgan fingerprint density at radius 3 is 2.62 bits per heavy atom. The molecule has 0 aliphatic carbocycles. The van der Waals surface area contributed by atoms with Crippen LogP contribution < -0.4 is 0 Å². The van der Waals surface area contributed by atoms with Crippen LogP contribution in [0.1, 0.15) is 35.1 Å². The highest BCUT2D eigenvalue weighted by Gasteiger charge is 2.43. The van der Waals surface area contributed by atoms with Crippen LogP contribution in [-0.4, -0.2) is 69.9 Å². The largest absolute Gasteiger partial charge is 0.394 e. The van der Waals surface area contributed by atoms with Gasteiger partial charge in [-0.1, -0.05) is 43.7 Å². The van der Waals surface area contributed by atoms with Crippen molar-refractivity contribution in [3.8, 4) is 0 Å². The van der Waals surface area contributed by atoms with Gasteiger partial charge in [0, 0.05) is 26.7 Å². The molecule has 158 valence electrons. The number of hydrogen-bond acceptors (Lipinski definition) is 4. The number of benzene rings is 1. The fourth-order valence-electron chi connectivity index (χ4n) is 4.61. The van der Waals surface area contributed by atoms with Crippen LogP contribution >= 0.6 is 0 Å². The zero-order chi connectivity index (χ0) is 21.0. The van der Waals surface area contributed by atoms with Crippen LogP contribution in [0, 0.1) is 18.8 Å². The van der Waals surface area contributed by atoms with Crippen molar-refractivity contribution in [2.24, 2.45) is 18.9 Å². The molecule has 1 N–H and O–H groups in total. The molecular formula is C23H34N4O2. The Kier molecular flexibility index (Phi) is 7.09. The van der Waals surface area contributed by atoms with Crippen LogP contribution in [0.5, 0.6) is 0 Å². The lowest BCUT2D eigenvalue weighted by molar-refractivity contribution is 0.0613. The molecule has 2 heterocycles. The van der Waals surface area contributed by atoms with Crippen LogP contribution in [0.3, 0.4) is 0 Å². The summed E-state index contributed by atoms with van der Waals surface area (Å²) in [6, 6.07) is 12.2. The number of amides is 1. The zero-order valence-corrected chi connectivity index (χ0v) is 18.1. The van der Waals surface area contributed by atoms with Crippen LogP contribution in [-0.2, 0) is 13.5 Å². The molecule has 6 nitrogen and oxygen atoms in total. The third-order valence-corrected chi connectivity index (χ3v) is 6.27. The number of aryl methyl sites for hydroxylation is 2. The molecule has 2 aromatic rings. The van der Waals surface area contributed by atoms with Gasteiger partial charge in [0.1, 0.15) is 5.69 Å². The molecule has 0 spiro atoms. The van der Waals surface area contributed by atoms with Crippen molar-refractivity contribution in [2.45, 2.75) is 32.7 Å². The van der Waals surface area contributed by atoms with Gasteiger partial charge in [-0.15, -0.1) is 0 Å². The molecule has 3 rings (SSSR count). The Bertz CT molecular complexity index is 804. The number of aliphatic hydroxyl groups is 1. The fourth-order valence-corrected chi connectivity index (χ4v) is 4.61. The number of carbonyl (C=O) groups is 1. The fraction of sp³-hybridized carbons (Fsp3) is 0.565. The third-order valence-electron chi connectivity index (χ3n) is 6.27. The van der Waals surface area contributed by atoms with E-state index in [1.807, 2.05) is 24.0 Å². The number of likely N-dealkylation sites (tertiary alicyclic amines) is 1. The van der Waals surface area contributed by atoms with Crippen LogP contribution in [0.2, 0.25) is 0 Å². The third kappa shape index (κ3) is 4.87. The van der Waals surface area contributed by atoms with E-state index in [0.29, 0.717) is 18.2 Å². The predicted octanol–water partition coefficient (Wildman–Crippen LogP) is 2.36. The van der Waals surface area contributed by atoms with E-state index in [9.17, 15) is 9.90 Å². The summed E-state index contributed by atoms with van der Waals surface area (Å²) in [6.45, 7) is 6.61. The lowest BCUT2D eigenvalue weighted by Crippen LogP contribution is -2.43. The number of rotatable bonds is 8. The standard InChI is InChI=1S/C23H34N4O2/c1-5-19-14-27(23(29)21-13-17(2)24-26(21)4)22(16-28)20(19)15-25(3)12-11-18-9-7-6-8-10-18/h6-10,13,19-20,22,28H,5,11-12,14-16H2,1-4H3/t19-,20-,22-/m1/s1. The number of hydrogen-bond donors (Lipinski definition) is 1. The van der Waals surface area contributed by atoms with Crippen molar-refractivity contribution in [1.29, 1.82) is 0 Å². The quantitative estimate of drug-likeness (QED) is 0.742. The van der Waals surface area contributed by atoms with Crippen LogP contribution in [0.15, 0.2) is 36.4 Å². The first kappa shape index (κ1) is 21.5. The summed E-state index contributed by atoms with van der Waals surface area (Å²) in [6.07, 6.45) is 2.00. The molecular weight excluding hydrogens is 364 g/mol. The second-order valence-corrected chi connectivity index (χ2v) is 8.33. The minimum Gasteiger partial charge on any atom is -0.394 e. The van der Waals surface area contributed by atoms with Crippen LogP contribution in [0.4, 0.5) is 0 Å². The summed E-state index contributed by atoms with van der Waals surface area (Å²) in [5.74, 6) is 0.633. The van der Waals surface area contributed by atoms with Gasteiger partial charge in [0.05, 0.1) is 18.3 Å². The van der Waals surface area contributed by atoms with Crippen molar-refractivity contribution in [3.05, 3.63) is 53.3 Å². The molecule has 6 heteroatoms. The van der Waals surface area contributed by atoms with E-state index in [4.69, 9.17) is 0 Å². The van der Waals surface area contributed by atoms with E-state index in [-0.39, 0.29) is 24.5 Å². The van der Waals surface area contributed by atoms with Crippen molar-refractivity contribution in [3.63, 3.8) is 0 Å². The lowest BCUT2D eigenvalue weighted by atomic mass is 9.88. The van der Waals surface area contributed by atoms with Crippen molar-refractivity contribution in [1.82, 2.24) is 19.6 Å². The van der Waals surface area contributed by atoms with Gasteiger partial charge in [0.2, 0.25) is 0 Å². The van der Waals surface area contributed by atoms with Gasteiger partial charge in [-0.25, -0.2) is 0 Å². The summed E-state index contributed by atoms with van der Waals surface area (Å²) in [5, 5.41) is 14.5. The van der Waals surface area contributed by atoms with Gasteiger partial charge >= 0.3 is 0 Å². The second kappa shape index (κ2) is 9.55. The number of aliphatic hydroxyl groups excluding tert-OH is 1. The zero-order valence-electron chi connectivity index (χ0n) is 18.1. The van der Waals surface area contributed by atoms with Gasteiger partial charge in [-0.2, -0.15) is 5.10 Å². The Hall–Kier alpha value is -2.18. The highest BCUT2D eigenvalue weighted by Crippen LogP contribution is 2.33. The molecule has 0 radical (unpaired) electrons. The number of aromatic nitrogens is 2. The topological polar surface area (TPSA) is 61.6 Å². The minimum atomic E-state index is -0.151. The average Bonchev–Trinajstić information content (AvgIpc) is 3.25. The molecule has 0 unspecified atom stereocenters. The number of likely N-dealkylation sites (N-methyl/N-ethyl adjacent to an activating group) is 1. The smallest absolute Gasteiger partial charge is 0.272 e. The molecule has 0 saturated carbocycles. The number of nitrogens with zero attached hydrogens (tertiary/aromatic N) is 4. The maximum absolute atomic E-state index is 13.2. The SMILES string of the molecule is CC[C@@H]1CN(C(=O)c2cc(C)nn2C)[C@H](CO)[C@@H]1CN(C)CCc1ccccc1. The van der Waals surface area contributed by atoms with E-state index >= 15 is 0 Å². The molecule has 1 amide bonds. The Balaban J connectivity index is 1.68. The first-order chi connectivity index (χ1) is 13.9. The molecule has 3 atom stereocenters. The first-order valence-corrected chi connectivity index (χ1v) is 10.6. The Morgan fingerprint density at radius 2 is 2.03 bits per heavy atom. The summed E-state index contributed by atoms with van der Waals surface area (Å²) in [7, 11) is 3.94. The molecule has 1 fully saturated rings. The van der Waals surface area contributed by atoms with Gasteiger partial charge in [0.15, 0.2) is 0 Å². The highest BCUT2D eigenvalue weighted by molar-refractivity contribution is 5.93. The summed E-state index contributed by atoms with van der Waals surface area (Å²) in [4.78, 5) is 17.4. The first-order valence-electron chi connectivity index (χ1n) is 10.6. The van der Waals surface area contributed by atoms with E-state index in [1.165, 1.54) is 5.56 Å². The monoisotopic (exact) mass is 398 g/mol. The second-order valence-electron chi connectivity index (χ2n) is 8.33. The normalized spacial score (nSPS) is 21.9. The van der Waals surface area contributed by atoms with Gasteiger partial charge in [-0.3, -0.25) is 9.48 Å².